The van der Waals surface area contributed by atoms with Gasteiger partial charge < -0.3 is 5.32 Å². The minimum absolute atomic E-state index is 0.230. The summed E-state index contributed by atoms with van der Waals surface area (Å²) in [6, 6.07) is 16.3. The first-order valence-electron chi connectivity index (χ1n) is 9.24. The summed E-state index contributed by atoms with van der Waals surface area (Å²) in [7, 11) is 0. The molecule has 3 heterocycles. The molecule has 9 heteroatoms. The predicted molar refractivity (Wildman–Crippen MR) is 114 cm³/mol. The molecule has 6 nitrogen and oxygen atoms in total. The number of rotatable bonds is 4. The van der Waals surface area contributed by atoms with Gasteiger partial charge in [0.1, 0.15) is 5.69 Å². The standard InChI is InChI=1S/C22H13ClF2N6/c23-14-5-3-13(4-6-14)21-20(19-2-1-10-27-31(19)30-21)18-9-11-26-22(29-18)28-15-7-8-16(24)17(25)12-15/h1-12H,(H,26,28,29). The monoisotopic (exact) mass is 434 g/mol. The summed E-state index contributed by atoms with van der Waals surface area (Å²) in [6.45, 7) is 0. The SMILES string of the molecule is Fc1ccc(Nc2nccc(-c3c(-c4ccc(Cl)cc4)nn4ncccc34)n2)cc1F. The van der Waals surface area contributed by atoms with E-state index in [-0.39, 0.29) is 5.95 Å². The Hall–Kier alpha value is -3.91. The summed E-state index contributed by atoms with van der Waals surface area (Å²) >= 11 is 6.04. The second kappa shape index (κ2) is 7.73. The van der Waals surface area contributed by atoms with Crippen molar-refractivity contribution in [1.82, 2.24) is 24.8 Å². The number of benzene rings is 2. The van der Waals surface area contributed by atoms with Crippen LogP contribution < -0.4 is 5.32 Å². The van der Waals surface area contributed by atoms with E-state index < -0.39 is 11.6 Å². The average Bonchev–Trinajstić information content (AvgIpc) is 3.17. The number of nitrogens with one attached hydrogen (secondary N) is 1. The molecule has 2 aromatic carbocycles. The summed E-state index contributed by atoms with van der Waals surface area (Å²) in [5.41, 5.74) is 3.95. The van der Waals surface area contributed by atoms with Crippen LogP contribution in [0.1, 0.15) is 0 Å². The number of aromatic nitrogens is 5. The van der Waals surface area contributed by atoms with Crippen LogP contribution >= 0.6 is 11.6 Å². The van der Waals surface area contributed by atoms with Crippen molar-refractivity contribution < 1.29 is 8.78 Å². The van der Waals surface area contributed by atoms with E-state index in [0.717, 1.165) is 28.8 Å². The van der Waals surface area contributed by atoms with Crippen molar-refractivity contribution in [2.45, 2.75) is 0 Å². The smallest absolute Gasteiger partial charge is 0.227 e. The summed E-state index contributed by atoms with van der Waals surface area (Å²) in [6.07, 6.45) is 3.22. The Bertz CT molecular complexity index is 1400. The van der Waals surface area contributed by atoms with E-state index in [1.807, 2.05) is 24.3 Å². The molecule has 0 unspecified atom stereocenters. The van der Waals surface area contributed by atoms with Gasteiger partial charge in [0.25, 0.3) is 0 Å². The van der Waals surface area contributed by atoms with E-state index in [1.165, 1.54) is 10.7 Å². The minimum atomic E-state index is -0.958. The highest BCUT2D eigenvalue weighted by atomic mass is 35.5. The lowest BCUT2D eigenvalue weighted by atomic mass is 10.0. The van der Waals surface area contributed by atoms with Crippen molar-refractivity contribution in [3.63, 3.8) is 0 Å². The first-order chi connectivity index (χ1) is 15.1. The lowest BCUT2D eigenvalue weighted by molar-refractivity contribution is 0.509. The molecule has 0 amide bonds. The fraction of sp³-hybridized carbons (Fsp3) is 0. The molecule has 5 aromatic rings. The average molecular weight is 435 g/mol. The largest absolute Gasteiger partial charge is 0.324 e. The first kappa shape index (κ1) is 19.1. The van der Waals surface area contributed by atoms with Gasteiger partial charge in [0.2, 0.25) is 5.95 Å². The summed E-state index contributed by atoms with van der Waals surface area (Å²) < 4.78 is 28.3. The Morgan fingerprint density at radius 1 is 0.903 bits per heavy atom. The quantitative estimate of drug-likeness (QED) is 0.403. The van der Waals surface area contributed by atoms with Crippen molar-refractivity contribution in [2.75, 3.05) is 5.32 Å². The van der Waals surface area contributed by atoms with Gasteiger partial charge in [-0.25, -0.2) is 18.7 Å². The maximum absolute atomic E-state index is 13.5. The van der Waals surface area contributed by atoms with E-state index in [1.54, 1.807) is 30.6 Å². The molecule has 0 fully saturated rings. The van der Waals surface area contributed by atoms with Crippen LogP contribution in [-0.2, 0) is 0 Å². The fourth-order valence-electron chi connectivity index (χ4n) is 3.22. The topological polar surface area (TPSA) is 68.0 Å². The molecule has 3 aromatic heterocycles. The van der Waals surface area contributed by atoms with E-state index in [4.69, 9.17) is 11.6 Å². The number of fused-ring (bicyclic) bond motifs is 1. The molecule has 0 saturated heterocycles. The number of halogens is 3. The van der Waals surface area contributed by atoms with Crippen LogP contribution in [0.15, 0.2) is 73.1 Å². The molecule has 0 aliphatic rings. The van der Waals surface area contributed by atoms with Crippen LogP contribution in [-0.4, -0.2) is 24.8 Å². The normalized spacial score (nSPS) is 11.1. The van der Waals surface area contributed by atoms with Crippen molar-refractivity contribution in [3.05, 3.63) is 89.7 Å². The van der Waals surface area contributed by atoms with Crippen molar-refractivity contribution in [3.8, 4) is 22.5 Å². The van der Waals surface area contributed by atoms with E-state index in [2.05, 4.69) is 25.5 Å². The Labute approximate surface area is 180 Å². The third-order valence-electron chi connectivity index (χ3n) is 4.62. The Morgan fingerprint density at radius 2 is 1.74 bits per heavy atom. The molecule has 0 atom stereocenters. The molecule has 1 N–H and O–H groups in total. The molecule has 0 spiro atoms. The Kier molecular flexibility index (Phi) is 4.76. The van der Waals surface area contributed by atoms with Gasteiger partial charge in [-0.05, 0) is 42.5 Å². The van der Waals surface area contributed by atoms with Gasteiger partial charge in [0, 0.05) is 34.7 Å². The summed E-state index contributed by atoms with van der Waals surface area (Å²) in [4.78, 5) is 8.76. The molecule has 31 heavy (non-hydrogen) atoms. The highest BCUT2D eigenvalue weighted by Crippen LogP contribution is 2.34. The van der Waals surface area contributed by atoms with Crippen LogP contribution in [0.2, 0.25) is 5.02 Å². The lowest BCUT2D eigenvalue weighted by Gasteiger charge is -2.08. The Balaban J connectivity index is 1.62. The predicted octanol–water partition coefficient (Wildman–Crippen LogP) is 5.53. The number of hydrogen-bond donors (Lipinski definition) is 1. The zero-order chi connectivity index (χ0) is 21.4. The van der Waals surface area contributed by atoms with Crippen LogP contribution in [0, 0.1) is 11.6 Å². The summed E-state index contributed by atoms with van der Waals surface area (Å²) in [5.74, 6) is -1.65. The highest BCUT2D eigenvalue weighted by molar-refractivity contribution is 6.30. The van der Waals surface area contributed by atoms with Gasteiger partial charge in [0.05, 0.1) is 16.8 Å². The van der Waals surface area contributed by atoms with E-state index in [0.29, 0.717) is 22.1 Å². The highest BCUT2D eigenvalue weighted by Gasteiger charge is 2.18. The van der Waals surface area contributed by atoms with Crippen molar-refractivity contribution in [2.24, 2.45) is 0 Å². The molecule has 0 aliphatic carbocycles. The van der Waals surface area contributed by atoms with Crippen LogP contribution in [0.5, 0.6) is 0 Å². The zero-order valence-corrected chi connectivity index (χ0v) is 16.6. The first-order valence-corrected chi connectivity index (χ1v) is 9.62. The molecule has 0 saturated carbocycles. The van der Waals surface area contributed by atoms with Crippen molar-refractivity contribution in [1.29, 1.82) is 0 Å². The second-order valence-corrected chi connectivity index (χ2v) is 7.08. The second-order valence-electron chi connectivity index (χ2n) is 6.65. The molecule has 0 aliphatic heterocycles. The van der Waals surface area contributed by atoms with Gasteiger partial charge >= 0.3 is 0 Å². The molecular formula is C22H13ClF2N6. The molecular weight excluding hydrogens is 422 g/mol. The maximum Gasteiger partial charge on any atom is 0.227 e. The van der Waals surface area contributed by atoms with Crippen LogP contribution in [0.25, 0.3) is 28.0 Å². The fourth-order valence-corrected chi connectivity index (χ4v) is 3.34. The van der Waals surface area contributed by atoms with Gasteiger partial charge in [-0.15, -0.1) is 5.10 Å². The van der Waals surface area contributed by atoms with E-state index >= 15 is 0 Å². The van der Waals surface area contributed by atoms with Crippen molar-refractivity contribution >= 4 is 28.8 Å². The van der Waals surface area contributed by atoms with Gasteiger partial charge in [-0.2, -0.15) is 9.73 Å². The zero-order valence-electron chi connectivity index (χ0n) is 15.8. The maximum atomic E-state index is 13.5. The van der Waals surface area contributed by atoms with Gasteiger partial charge in [0.15, 0.2) is 11.6 Å². The third kappa shape index (κ3) is 3.69. The summed E-state index contributed by atoms with van der Waals surface area (Å²) in [5, 5.41) is 12.4. The van der Waals surface area contributed by atoms with Crippen LogP contribution in [0.3, 0.4) is 0 Å². The molecule has 152 valence electrons. The van der Waals surface area contributed by atoms with Gasteiger partial charge in [-0.3, -0.25) is 0 Å². The number of anilines is 2. The third-order valence-corrected chi connectivity index (χ3v) is 4.88. The molecule has 0 radical (unpaired) electrons. The lowest BCUT2D eigenvalue weighted by Crippen LogP contribution is -1.99. The van der Waals surface area contributed by atoms with E-state index in [9.17, 15) is 8.78 Å². The van der Waals surface area contributed by atoms with Crippen LogP contribution in [0.4, 0.5) is 20.4 Å². The number of hydrogen-bond acceptors (Lipinski definition) is 5. The van der Waals surface area contributed by atoms with Gasteiger partial charge in [-0.1, -0.05) is 23.7 Å². The molecule has 5 rings (SSSR count). The number of nitrogens with zero attached hydrogens (tertiary/aromatic N) is 5. The molecule has 0 bridgehead atoms. The minimum Gasteiger partial charge on any atom is -0.324 e. The Morgan fingerprint density at radius 3 is 2.55 bits per heavy atom.